The number of carbonyl (C=O) groups excluding carboxylic acids is 1. The number of carbonyl (C=O) groups is 1. The lowest BCUT2D eigenvalue weighted by Crippen LogP contribution is -2.45. The number of nitrogens with one attached hydrogen (secondary N) is 1. The number of aliphatic hydroxyl groups excluding tert-OH is 1. The molecule has 0 aromatic rings. The highest BCUT2D eigenvalue weighted by atomic mass is 31.2. The molecule has 3 unspecified atom stereocenters. The van der Waals surface area contributed by atoms with Gasteiger partial charge in [-0.2, -0.15) is 0 Å². The third kappa shape index (κ3) is 36.9. The van der Waals surface area contributed by atoms with Gasteiger partial charge in [-0.15, -0.1) is 0 Å². The Morgan fingerprint density at radius 1 is 0.667 bits per heavy atom. The minimum Gasteiger partial charge on any atom is -0.756 e. The van der Waals surface area contributed by atoms with Crippen molar-refractivity contribution in [2.24, 2.45) is 0 Å². The molecule has 0 rings (SSSR count). The van der Waals surface area contributed by atoms with Gasteiger partial charge in [0.15, 0.2) is 0 Å². The van der Waals surface area contributed by atoms with E-state index in [0.29, 0.717) is 17.4 Å². The zero-order valence-electron chi connectivity index (χ0n) is 33.8. The molecule has 0 saturated heterocycles. The van der Waals surface area contributed by atoms with Crippen LogP contribution in [0.1, 0.15) is 174 Å². The molecule has 51 heavy (non-hydrogen) atoms. The molecular weight excluding hydrogens is 659 g/mol. The highest BCUT2D eigenvalue weighted by molar-refractivity contribution is 7.45. The highest BCUT2D eigenvalue weighted by Crippen LogP contribution is 2.38. The fraction of sp³-hybridized carbons (Fsp3) is 0.833. The van der Waals surface area contributed by atoms with Crippen molar-refractivity contribution >= 4 is 13.7 Å². The van der Waals surface area contributed by atoms with E-state index >= 15 is 0 Å². The number of amides is 1. The molecule has 0 aromatic heterocycles. The number of phosphoric acid groups is 1. The number of aliphatic hydroxyl groups is 1. The van der Waals surface area contributed by atoms with E-state index in [1.807, 2.05) is 27.2 Å². The molecule has 2 N–H and O–H groups in total. The van der Waals surface area contributed by atoms with Crippen LogP contribution in [0.5, 0.6) is 0 Å². The number of nitrogens with zero attached hydrogens (tertiary/aromatic N) is 1. The van der Waals surface area contributed by atoms with Gasteiger partial charge in [-0.25, -0.2) is 0 Å². The van der Waals surface area contributed by atoms with Crippen molar-refractivity contribution in [3.05, 3.63) is 36.5 Å². The molecule has 0 aliphatic rings. The Hall–Kier alpha value is -1.28. The number of hydrogen-bond donors (Lipinski definition) is 2. The zero-order valence-corrected chi connectivity index (χ0v) is 34.7. The van der Waals surface area contributed by atoms with Gasteiger partial charge in [0.25, 0.3) is 7.82 Å². The number of phosphoric ester groups is 1. The number of unbranched alkanes of at least 4 members (excludes halogenated alkanes) is 20. The summed E-state index contributed by atoms with van der Waals surface area (Å²) in [7, 11) is 1.23. The van der Waals surface area contributed by atoms with Crippen LogP contribution in [0.3, 0.4) is 0 Å². The van der Waals surface area contributed by atoms with Crippen molar-refractivity contribution < 1.29 is 32.9 Å². The van der Waals surface area contributed by atoms with Crippen molar-refractivity contribution in [1.82, 2.24) is 5.32 Å². The Morgan fingerprint density at radius 2 is 1.10 bits per heavy atom. The smallest absolute Gasteiger partial charge is 0.268 e. The fourth-order valence-corrected chi connectivity index (χ4v) is 6.41. The summed E-state index contributed by atoms with van der Waals surface area (Å²) in [4.78, 5) is 25.2. The predicted molar refractivity (Wildman–Crippen MR) is 215 cm³/mol. The lowest BCUT2D eigenvalue weighted by Gasteiger charge is -2.29. The van der Waals surface area contributed by atoms with Gasteiger partial charge in [-0.3, -0.25) is 9.36 Å². The molecule has 0 aromatic carbocycles. The van der Waals surface area contributed by atoms with Crippen LogP contribution in [0.2, 0.25) is 0 Å². The van der Waals surface area contributed by atoms with Crippen molar-refractivity contribution in [2.75, 3.05) is 40.9 Å². The maximum absolute atomic E-state index is 12.8. The first-order valence-corrected chi connectivity index (χ1v) is 22.3. The molecule has 0 fully saturated rings. The highest BCUT2D eigenvalue weighted by Gasteiger charge is 2.23. The van der Waals surface area contributed by atoms with Gasteiger partial charge in [0, 0.05) is 6.42 Å². The zero-order chi connectivity index (χ0) is 37.9. The summed E-state index contributed by atoms with van der Waals surface area (Å²) in [6.07, 6.45) is 40.6. The maximum atomic E-state index is 12.8. The Bertz CT molecular complexity index is 933. The first-order valence-electron chi connectivity index (χ1n) is 20.9. The molecule has 9 heteroatoms. The molecule has 0 saturated carbocycles. The largest absolute Gasteiger partial charge is 0.756 e. The van der Waals surface area contributed by atoms with E-state index in [0.717, 1.165) is 38.5 Å². The van der Waals surface area contributed by atoms with Crippen LogP contribution in [0, 0.1) is 0 Å². The number of hydrogen-bond acceptors (Lipinski definition) is 6. The monoisotopic (exact) mass is 741 g/mol. The summed E-state index contributed by atoms with van der Waals surface area (Å²) >= 11 is 0. The minimum absolute atomic E-state index is 0.00773. The third-order valence-corrected chi connectivity index (χ3v) is 10.0. The summed E-state index contributed by atoms with van der Waals surface area (Å²) in [5.41, 5.74) is 0. The molecule has 0 spiro atoms. The van der Waals surface area contributed by atoms with Gasteiger partial charge >= 0.3 is 0 Å². The molecular formula is C42H81N2O6P. The molecule has 3 atom stereocenters. The SMILES string of the molecule is CCCCC/C=C/CC/C=C/C(O)C(COP(=O)([O-])OCC[N+](C)(C)C)NC(=O)CCCCCCCCC/C=C\CCCCCCCCCCC. The van der Waals surface area contributed by atoms with Crippen molar-refractivity contribution in [1.29, 1.82) is 0 Å². The summed E-state index contributed by atoms with van der Waals surface area (Å²) in [5.74, 6) is -0.216. The second-order valence-electron chi connectivity index (χ2n) is 15.3. The van der Waals surface area contributed by atoms with Gasteiger partial charge in [-0.05, 0) is 57.8 Å². The summed E-state index contributed by atoms with van der Waals surface area (Å²) in [6, 6.07) is -0.901. The Labute approximate surface area is 315 Å². The van der Waals surface area contributed by atoms with Gasteiger partial charge in [0.2, 0.25) is 5.91 Å². The van der Waals surface area contributed by atoms with Crippen LogP contribution in [0.15, 0.2) is 36.5 Å². The minimum atomic E-state index is -4.59. The summed E-state index contributed by atoms with van der Waals surface area (Å²) < 4.78 is 23.1. The van der Waals surface area contributed by atoms with E-state index in [-0.39, 0.29) is 12.5 Å². The second-order valence-corrected chi connectivity index (χ2v) is 16.7. The standard InChI is InChI=1S/C42H81N2O6P/c1-6-8-10-12-14-16-17-18-19-20-21-22-23-24-25-26-28-30-32-34-36-42(46)43-40(39-50-51(47,48)49-38-37-44(3,4)5)41(45)35-33-31-29-27-15-13-11-9-7-2/h15,21-22,27,33,35,40-41,45H,6-14,16-20,23-26,28-32,34,36-39H2,1-5H3,(H-,43,46,47,48)/b22-21-,27-15+,35-33+. The summed E-state index contributed by atoms with van der Waals surface area (Å²) in [6.45, 7) is 4.55. The Kier molecular flexibility index (Phi) is 33.6. The normalized spacial score (nSPS) is 14.9. The molecule has 8 nitrogen and oxygen atoms in total. The molecule has 0 bridgehead atoms. The Morgan fingerprint density at radius 3 is 1.63 bits per heavy atom. The van der Waals surface area contributed by atoms with Gasteiger partial charge in [0.05, 0.1) is 39.9 Å². The molecule has 0 aliphatic heterocycles. The molecule has 0 aliphatic carbocycles. The van der Waals surface area contributed by atoms with Crippen molar-refractivity contribution in [3.8, 4) is 0 Å². The van der Waals surface area contributed by atoms with Crippen LogP contribution >= 0.6 is 7.82 Å². The average molecular weight is 741 g/mol. The molecule has 0 radical (unpaired) electrons. The van der Waals surface area contributed by atoms with Crippen LogP contribution in [-0.4, -0.2) is 68.5 Å². The van der Waals surface area contributed by atoms with E-state index in [9.17, 15) is 19.4 Å². The lowest BCUT2D eigenvalue weighted by atomic mass is 10.1. The number of quaternary nitrogens is 1. The first-order chi connectivity index (χ1) is 24.5. The van der Waals surface area contributed by atoms with Gasteiger partial charge in [0.1, 0.15) is 13.2 Å². The Balaban J connectivity index is 4.34. The van der Waals surface area contributed by atoms with E-state index in [4.69, 9.17) is 9.05 Å². The molecule has 300 valence electrons. The van der Waals surface area contributed by atoms with Gasteiger partial charge < -0.3 is 28.8 Å². The predicted octanol–water partition coefficient (Wildman–Crippen LogP) is 10.5. The fourth-order valence-electron chi connectivity index (χ4n) is 5.69. The molecule has 1 amide bonds. The second kappa shape index (κ2) is 34.5. The van der Waals surface area contributed by atoms with E-state index in [1.54, 1.807) is 6.08 Å². The topological polar surface area (TPSA) is 108 Å². The van der Waals surface area contributed by atoms with Crippen LogP contribution < -0.4 is 10.2 Å². The van der Waals surface area contributed by atoms with Crippen molar-refractivity contribution in [2.45, 2.75) is 187 Å². The van der Waals surface area contributed by atoms with Crippen LogP contribution in [-0.2, 0) is 18.4 Å². The molecule has 0 heterocycles. The van der Waals surface area contributed by atoms with Crippen LogP contribution in [0.4, 0.5) is 0 Å². The van der Waals surface area contributed by atoms with E-state index < -0.39 is 26.6 Å². The quantitative estimate of drug-likeness (QED) is 0.0284. The number of likely N-dealkylation sites (N-methyl/N-ethyl adjacent to an activating group) is 1. The first kappa shape index (κ1) is 49.7. The maximum Gasteiger partial charge on any atom is 0.268 e. The average Bonchev–Trinajstić information content (AvgIpc) is 3.07. The van der Waals surface area contributed by atoms with Crippen LogP contribution in [0.25, 0.3) is 0 Å². The number of rotatable bonds is 37. The van der Waals surface area contributed by atoms with Gasteiger partial charge in [-0.1, -0.05) is 147 Å². The lowest BCUT2D eigenvalue weighted by molar-refractivity contribution is -0.870. The summed E-state index contributed by atoms with van der Waals surface area (Å²) in [5, 5.41) is 13.6. The van der Waals surface area contributed by atoms with Crippen molar-refractivity contribution in [3.63, 3.8) is 0 Å². The third-order valence-electron chi connectivity index (χ3n) is 9.07. The number of allylic oxidation sites excluding steroid dienone is 5. The van der Waals surface area contributed by atoms with E-state index in [1.165, 1.54) is 116 Å². The van der Waals surface area contributed by atoms with E-state index in [2.05, 4.69) is 43.5 Å².